The van der Waals surface area contributed by atoms with Crippen LogP contribution in [0.5, 0.6) is 0 Å². The molecule has 1 aliphatic heterocycles. The van der Waals surface area contributed by atoms with Crippen molar-refractivity contribution in [3.8, 4) is 0 Å². The lowest BCUT2D eigenvalue weighted by molar-refractivity contribution is 0.0225. The van der Waals surface area contributed by atoms with Crippen molar-refractivity contribution in [1.82, 2.24) is 25.5 Å². The van der Waals surface area contributed by atoms with E-state index in [9.17, 15) is 4.79 Å². The Morgan fingerprint density at radius 1 is 1.54 bits per heavy atom. The number of aromatic nitrogens is 4. The van der Waals surface area contributed by atoms with Crippen molar-refractivity contribution < 1.29 is 4.79 Å². The van der Waals surface area contributed by atoms with Crippen molar-refractivity contribution in [1.29, 1.82) is 0 Å². The standard InChI is InChI=1S/C7H11N5O/c1-7(2)3-12(4-7)6(13)5-8-10-11-9-5/h3-4H2,1-2H3,(H,8,9,10,11). The van der Waals surface area contributed by atoms with Gasteiger partial charge < -0.3 is 4.90 Å². The fraction of sp³-hybridized carbons (Fsp3) is 0.714. The van der Waals surface area contributed by atoms with Crippen LogP contribution in [-0.2, 0) is 0 Å². The Morgan fingerprint density at radius 3 is 2.69 bits per heavy atom. The lowest BCUT2D eigenvalue weighted by Crippen LogP contribution is -2.55. The molecule has 1 aromatic rings. The van der Waals surface area contributed by atoms with E-state index in [-0.39, 0.29) is 17.1 Å². The highest BCUT2D eigenvalue weighted by atomic mass is 16.2. The summed E-state index contributed by atoms with van der Waals surface area (Å²) >= 11 is 0. The summed E-state index contributed by atoms with van der Waals surface area (Å²) in [5, 5.41) is 12.8. The maximum absolute atomic E-state index is 11.5. The van der Waals surface area contributed by atoms with Gasteiger partial charge in [-0.2, -0.15) is 5.21 Å². The third kappa shape index (κ3) is 1.39. The van der Waals surface area contributed by atoms with E-state index in [1.807, 2.05) is 0 Å². The molecule has 1 fully saturated rings. The molecule has 0 spiro atoms. The van der Waals surface area contributed by atoms with Crippen molar-refractivity contribution >= 4 is 5.91 Å². The molecule has 1 amide bonds. The van der Waals surface area contributed by atoms with E-state index in [2.05, 4.69) is 34.5 Å². The zero-order valence-corrected chi connectivity index (χ0v) is 7.61. The maximum atomic E-state index is 11.5. The largest absolute Gasteiger partial charge is 0.335 e. The number of hydrogen-bond donors (Lipinski definition) is 1. The van der Waals surface area contributed by atoms with Gasteiger partial charge in [-0.15, -0.1) is 10.2 Å². The average molecular weight is 181 g/mol. The molecular formula is C7H11N5O. The van der Waals surface area contributed by atoms with Gasteiger partial charge in [0.05, 0.1) is 0 Å². The van der Waals surface area contributed by atoms with E-state index in [0.717, 1.165) is 13.1 Å². The van der Waals surface area contributed by atoms with E-state index in [4.69, 9.17) is 0 Å². The highest BCUT2D eigenvalue weighted by Crippen LogP contribution is 2.29. The molecule has 0 saturated carbocycles. The average Bonchev–Trinajstić information content (AvgIpc) is 2.50. The normalized spacial score (nSPS) is 19.7. The number of tetrazole rings is 1. The van der Waals surface area contributed by atoms with E-state index >= 15 is 0 Å². The fourth-order valence-electron chi connectivity index (χ4n) is 1.52. The number of carbonyl (C=O) groups is 1. The zero-order chi connectivity index (χ0) is 9.47. The second-order valence-corrected chi connectivity index (χ2v) is 4.06. The van der Waals surface area contributed by atoms with Gasteiger partial charge in [-0.1, -0.05) is 13.8 Å². The molecule has 1 N–H and O–H groups in total. The molecule has 1 aliphatic rings. The number of hydrogen-bond acceptors (Lipinski definition) is 4. The van der Waals surface area contributed by atoms with Crippen LogP contribution in [0.3, 0.4) is 0 Å². The van der Waals surface area contributed by atoms with Gasteiger partial charge in [0.25, 0.3) is 11.7 Å². The Kier molecular flexibility index (Phi) is 1.58. The SMILES string of the molecule is CC1(C)CN(C(=O)c2nn[nH]n2)C1. The minimum atomic E-state index is -0.145. The first-order chi connectivity index (χ1) is 6.08. The smallest absolute Gasteiger partial charge is 0.295 e. The zero-order valence-electron chi connectivity index (χ0n) is 7.61. The number of aromatic amines is 1. The minimum absolute atomic E-state index is 0.145. The van der Waals surface area contributed by atoms with E-state index in [0.29, 0.717) is 0 Å². The first kappa shape index (κ1) is 8.15. The quantitative estimate of drug-likeness (QED) is 0.644. The van der Waals surface area contributed by atoms with Crippen molar-refractivity contribution in [2.45, 2.75) is 13.8 Å². The van der Waals surface area contributed by atoms with Gasteiger partial charge in [0, 0.05) is 13.1 Å². The minimum Gasteiger partial charge on any atom is -0.335 e. The highest BCUT2D eigenvalue weighted by molar-refractivity contribution is 5.90. The third-order valence-electron chi connectivity index (χ3n) is 2.06. The molecule has 2 heterocycles. The van der Waals surface area contributed by atoms with Crippen molar-refractivity contribution in [2.24, 2.45) is 5.41 Å². The van der Waals surface area contributed by atoms with Crippen LogP contribution in [0.25, 0.3) is 0 Å². The molecule has 0 bridgehead atoms. The van der Waals surface area contributed by atoms with Gasteiger partial charge in [-0.25, -0.2) is 0 Å². The monoisotopic (exact) mass is 181 g/mol. The van der Waals surface area contributed by atoms with Crippen molar-refractivity contribution in [3.63, 3.8) is 0 Å². The first-order valence-electron chi connectivity index (χ1n) is 4.11. The van der Waals surface area contributed by atoms with E-state index in [1.165, 1.54) is 0 Å². The number of amides is 1. The van der Waals surface area contributed by atoms with Gasteiger partial charge in [0.1, 0.15) is 0 Å². The molecule has 0 atom stereocenters. The summed E-state index contributed by atoms with van der Waals surface area (Å²) in [7, 11) is 0. The molecule has 6 heteroatoms. The summed E-state index contributed by atoms with van der Waals surface area (Å²) in [5.41, 5.74) is 0.236. The summed E-state index contributed by atoms with van der Waals surface area (Å²) in [6.45, 7) is 5.76. The predicted octanol–water partition coefficient (Wildman–Crippen LogP) is -0.318. The lowest BCUT2D eigenvalue weighted by Gasteiger charge is -2.45. The number of nitrogens with zero attached hydrogens (tertiary/aromatic N) is 4. The van der Waals surface area contributed by atoms with Gasteiger partial charge in [-0.05, 0) is 10.6 Å². The Morgan fingerprint density at radius 2 is 2.23 bits per heavy atom. The van der Waals surface area contributed by atoms with Gasteiger partial charge >= 0.3 is 0 Å². The molecule has 0 unspecified atom stereocenters. The Balaban J connectivity index is 2.02. The number of nitrogens with one attached hydrogen (secondary N) is 1. The number of H-pyrrole nitrogens is 1. The van der Waals surface area contributed by atoms with E-state index < -0.39 is 0 Å². The highest BCUT2D eigenvalue weighted by Gasteiger charge is 2.38. The number of carbonyl (C=O) groups excluding carboxylic acids is 1. The van der Waals surface area contributed by atoms with Crippen LogP contribution in [0.4, 0.5) is 0 Å². The molecule has 70 valence electrons. The molecule has 13 heavy (non-hydrogen) atoms. The lowest BCUT2D eigenvalue weighted by atomic mass is 9.84. The van der Waals surface area contributed by atoms with Crippen LogP contribution in [0.15, 0.2) is 0 Å². The van der Waals surface area contributed by atoms with Crippen LogP contribution < -0.4 is 0 Å². The van der Waals surface area contributed by atoms with Crippen LogP contribution >= 0.6 is 0 Å². The summed E-state index contributed by atoms with van der Waals surface area (Å²) in [4.78, 5) is 13.2. The fourth-order valence-corrected chi connectivity index (χ4v) is 1.52. The Labute approximate surface area is 75.3 Å². The van der Waals surface area contributed by atoms with Gasteiger partial charge in [-0.3, -0.25) is 4.79 Å². The van der Waals surface area contributed by atoms with Crippen LogP contribution in [-0.4, -0.2) is 44.5 Å². The summed E-state index contributed by atoms with van der Waals surface area (Å²) in [5.74, 6) is 0.00331. The predicted molar refractivity (Wildman–Crippen MR) is 43.9 cm³/mol. The second-order valence-electron chi connectivity index (χ2n) is 4.06. The Hall–Kier alpha value is -1.46. The molecule has 1 aromatic heterocycles. The van der Waals surface area contributed by atoms with Gasteiger partial charge in [0.2, 0.25) is 0 Å². The second kappa shape index (κ2) is 2.51. The maximum Gasteiger partial charge on any atom is 0.295 e. The molecular weight excluding hydrogens is 170 g/mol. The Bertz CT molecular complexity index is 310. The first-order valence-corrected chi connectivity index (χ1v) is 4.11. The molecule has 1 saturated heterocycles. The van der Waals surface area contributed by atoms with Crippen LogP contribution in [0, 0.1) is 5.41 Å². The molecule has 6 nitrogen and oxygen atoms in total. The van der Waals surface area contributed by atoms with E-state index in [1.54, 1.807) is 4.90 Å². The number of likely N-dealkylation sites (tertiary alicyclic amines) is 1. The van der Waals surface area contributed by atoms with Crippen molar-refractivity contribution in [2.75, 3.05) is 13.1 Å². The molecule has 0 aromatic carbocycles. The molecule has 2 rings (SSSR count). The van der Waals surface area contributed by atoms with Gasteiger partial charge in [0.15, 0.2) is 0 Å². The van der Waals surface area contributed by atoms with Crippen molar-refractivity contribution in [3.05, 3.63) is 5.82 Å². The third-order valence-corrected chi connectivity index (χ3v) is 2.06. The summed E-state index contributed by atoms with van der Waals surface area (Å²) in [6, 6.07) is 0. The summed E-state index contributed by atoms with van der Waals surface area (Å²) < 4.78 is 0. The number of rotatable bonds is 1. The molecule has 0 aliphatic carbocycles. The van der Waals surface area contributed by atoms with Crippen LogP contribution in [0.2, 0.25) is 0 Å². The topological polar surface area (TPSA) is 74.8 Å². The van der Waals surface area contributed by atoms with Crippen LogP contribution in [0.1, 0.15) is 24.5 Å². The molecule has 0 radical (unpaired) electrons. The summed E-state index contributed by atoms with van der Waals surface area (Å²) in [6.07, 6.45) is 0.